The summed E-state index contributed by atoms with van der Waals surface area (Å²) in [4.78, 5) is 10.8. The van der Waals surface area contributed by atoms with E-state index < -0.39 is 5.76 Å². The first-order valence-corrected chi connectivity index (χ1v) is 6.91. The normalized spacial score (nSPS) is 10.9. The van der Waals surface area contributed by atoms with Crippen LogP contribution in [0.1, 0.15) is 24.4 Å². The van der Waals surface area contributed by atoms with Crippen molar-refractivity contribution in [2.24, 2.45) is 0 Å². The number of nitrogens with one attached hydrogen (secondary N) is 1. The number of esters is 1. The standard InChI is InChI=1S/C12H17F2NO3S/c1-17-11(16)3-2-6-15-7-9-4-5-10(18-9)8-19-12(13)14/h4-5,12,15H,2-3,6-8H2,1H3. The zero-order valence-corrected chi connectivity index (χ0v) is 11.5. The summed E-state index contributed by atoms with van der Waals surface area (Å²) in [6, 6.07) is 3.45. The summed E-state index contributed by atoms with van der Waals surface area (Å²) in [6.07, 6.45) is 1.05. The summed E-state index contributed by atoms with van der Waals surface area (Å²) < 4.78 is 33.9. The number of alkyl halides is 2. The number of carbonyl (C=O) groups excluding carboxylic acids is 1. The number of carbonyl (C=O) groups is 1. The highest BCUT2D eigenvalue weighted by molar-refractivity contribution is 7.98. The Balaban J connectivity index is 2.14. The predicted molar refractivity (Wildman–Crippen MR) is 69.0 cm³/mol. The van der Waals surface area contributed by atoms with E-state index in [0.717, 1.165) is 0 Å². The van der Waals surface area contributed by atoms with Crippen LogP contribution in [0.5, 0.6) is 0 Å². The van der Waals surface area contributed by atoms with Crippen molar-refractivity contribution in [1.29, 1.82) is 0 Å². The first kappa shape index (κ1) is 16.0. The SMILES string of the molecule is COC(=O)CCCNCc1ccc(CSC(F)F)o1. The maximum Gasteiger partial charge on any atom is 0.305 e. The third-order valence-corrected chi connectivity index (χ3v) is 3.03. The molecule has 0 radical (unpaired) electrons. The van der Waals surface area contributed by atoms with Crippen molar-refractivity contribution in [3.8, 4) is 0 Å². The summed E-state index contributed by atoms with van der Waals surface area (Å²) in [6.45, 7) is 1.18. The van der Waals surface area contributed by atoms with Gasteiger partial charge in [0.1, 0.15) is 11.5 Å². The molecular formula is C12H17F2NO3S. The van der Waals surface area contributed by atoms with Gasteiger partial charge in [-0.25, -0.2) is 0 Å². The second-order valence-corrected chi connectivity index (χ2v) is 4.77. The van der Waals surface area contributed by atoms with E-state index in [9.17, 15) is 13.6 Å². The minimum Gasteiger partial charge on any atom is -0.469 e. The molecule has 0 aromatic carbocycles. The second-order valence-electron chi connectivity index (χ2n) is 3.80. The zero-order valence-electron chi connectivity index (χ0n) is 10.7. The Morgan fingerprint density at radius 3 is 2.89 bits per heavy atom. The lowest BCUT2D eigenvalue weighted by molar-refractivity contribution is -0.140. The molecule has 0 aliphatic heterocycles. The van der Waals surface area contributed by atoms with Gasteiger partial charge in [-0.15, -0.1) is 0 Å². The number of ether oxygens (including phenoxy) is 1. The number of rotatable bonds is 9. The molecule has 108 valence electrons. The van der Waals surface area contributed by atoms with Crippen molar-refractivity contribution in [3.05, 3.63) is 23.7 Å². The first-order valence-electron chi connectivity index (χ1n) is 5.86. The van der Waals surface area contributed by atoms with E-state index in [0.29, 0.717) is 49.2 Å². The highest BCUT2D eigenvalue weighted by Gasteiger charge is 2.07. The second kappa shape index (κ2) is 8.92. The average molecular weight is 293 g/mol. The Morgan fingerprint density at radius 1 is 1.47 bits per heavy atom. The van der Waals surface area contributed by atoms with Crippen LogP contribution in [0.25, 0.3) is 0 Å². The minimum absolute atomic E-state index is 0.167. The third kappa shape index (κ3) is 7.17. The molecule has 1 aromatic rings. The molecule has 0 unspecified atom stereocenters. The van der Waals surface area contributed by atoms with Crippen LogP contribution in [0.15, 0.2) is 16.5 Å². The van der Waals surface area contributed by atoms with Gasteiger partial charge in [0.15, 0.2) is 0 Å². The van der Waals surface area contributed by atoms with Crippen LogP contribution in [0.2, 0.25) is 0 Å². The van der Waals surface area contributed by atoms with E-state index >= 15 is 0 Å². The largest absolute Gasteiger partial charge is 0.469 e. The highest BCUT2D eigenvalue weighted by Crippen LogP contribution is 2.21. The molecule has 0 fully saturated rings. The number of thioether (sulfide) groups is 1. The summed E-state index contributed by atoms with van der Waals surface area (Å²) in [5, 5.41) is 3.10. The number of hydrogen-bond acceptors (Lipinski definition) is 5. The van der Waals surface area contributed by atoms with Crippen LogP contribution in [0, 0.1) is 0 Å². The number of methoxy groups -OCH3 is 1. The predicted octanol–water partition coefficient (Wildman–Crippen LogP) is 2.78. The maximum atomic E-state index is 12.0. The Labute approximate surface area is 114 Å². The monoisotopic (exact) mass is 293 g/mol. The minimum atomic E-state index is -2.38. The van der Waals surface area contributed by atoms with E-state index in [1.54, 1.807) is 12.1 Å². The van der Waals surface area contributed by atoms with Crippen molar-refractivity contribution in [1.82, 2.24) is 5.32 Å². The summed E-state index contributed by atoms with van der Waals surface area (Å²) in [5.74, 6) is -1.21. The van der Waals surface area contributed by atoms with Gasteiger partial charge in [0, 0.05) is 6.42 Å². The van der Waals surface area contributed by atoms with E-state index in [1.807, 2.05) is 0 Å². The summed E-state index contributed by atoms with van der Waals surface area (Å²) >= 11 is 0.536. The van der Waals surface area contributed by atoms with Crippen molar-refractivity contribution in [3.63, 3.8) is 0 Å². The molecular weight excluding hydrogens is 276 g/mol. The molecule has 4 nitrogen and oxygen atoms in total. The fourth-order valence-electron chi connectivity index (χ4n) is 1.41. The van der Waals surface area contributed by atoms with Crippen molar-refractivity contribution in [2.45, 2.75) is 30.9 Å². The third-order valence-electron chi connectivity index (χ3n) is 2.33. The summed E-state index contributed by atoms with van der Waals surface area (Å²) in [7, 11) is 1.36. The van der Waals surface area contributed by atoms with Crippen molar-refractivity contribution < 1.29 is 22.7 Å². The van der Waals surface area contributed by atoms with E-state index in [4.69, 9.17) is 4.42 Å². The molecule has 19 heavy (non-hydrogen) atoms. The van der Waals surface area contributed by atoms with Crippen LogP contribution in [-0.2, 0) is 21.8 Å². The van der Waals surface area contributed by atoms with Gasteiger partial charge >= 0.3 is 5.97 Å². The lowest BCUT2D eigenvalue weighted by Crippen LogP contribution is -2.15. The Kier molecular flexibility index (Phi) is 7.50. The van der Waals surface area contributed by atoms with Gasteiger partial charge in [0.2, 0.25) is 0 Å². The highest BCUT2D eigenvalue weighted by atomic mass is 32.2. The maximum absolute atomic E-state index is 12.0. The van der Waals surface area contributed by atoms with Gasteiger partial charge in [0.05, 0.1) is 19.4 Å². The Hall–Kier alpha value is -1.08. The van der Waals surface area contributed by atoms with Gasteiger partial charge in [0.25, 0.3) is 5.76 Å². The number of hydrogen-bond donors (Lipinski definition) is 1. The Bertz CT molecular complexity index is 385. The molecule has 0 amide bonds. The molecule has 0 aliphatic carbocycles. The molecule has 7 heteroatoms. The molecule has 0 spiro atoms. The lowest BCUT2D eigenvalue weighted by atomic mass is 10.3. The first-order chi connectivity index (χ1) is 9.11. The molecule has 0 saturated carbocycles. The average Bonchev–Trinajstić information content (AvgIpc) is 2.83. The molecule has 1 rings (SSSR count). The fourth-order valence-corrected chi connectivity index (χ4v) is 1.86. The molecule has 0 saturated heterocycles. The van der Waals surface area contributed by atoms with Gasteiger partial charge in [-0.3, -0.25) is 4.79 Å². The quantitative estimate of drug-likeness (QED) is 0.560. The van der Waals surface area contributed by atoms with E-state index in [2.05, 4.69) is 10.1 Å². The number of halogens is 2. The van der Waals surface area contributed by atoms with Gasteiger partial charge in [-0.1, -0.05) is 11.8 Å². The molecule has 1 N–H and O–H groups in total. The van der Waals surface area contributed by atoms with Crippen LogP contribution >= 0.6 is 11.8 Å². The summed E-state index contributed by atoms with van der Waals surface area (Å²) in [5.41, 5.74) is 0. The fraction of sp³-hybridized carbons (Fsp3) is 0.583. The van der Waals surface area contributed by atoms with Crippen LogP contribution in [0.4, 0.5) is 8.78 Å². The zero-order chi connectivity index (χ0) is 14.1. The van der Waals surface area contributed by atoms with Gasteiger partial charge in [-0.2, -0.15) is 8.78 Å². The molecule has 0 aliphatic rings. The van der Waals surface area contributed by atoms with Crippen molar-refractivity contribution in [2.75, 3.05) is 13.7 Å². The van der Waals surface area contributed by atoms with Crippen molar-refractivity contribution >= 4 is 17.7 Å². The van der Waals surface area contributed by atoms with E-state index in [1.165, 1.54) is 7.11 Å². The van der Waals surface area contributed by atoms with Gasteiger partial charge in [-0.05, 0) is 25.1 Å². The molecule has 1 heterocycles. The van der Waals surface area contributed by atoms with Crippen LogP contribution in [0.3, 0.4) is 0 Å². The van der Waals surface area contributed by atoms with E-state index in [-0.39, 0.29) is 11.7 Å². The molecule has 0 bridgehead atoms. The smallest absolute Gasteiger partial charge is 0.305 e. The Morgan fingerprint density at radius 2 is 2.21 bits per heavy atom. The number of furan rings is 1. The topological polar surface area (TPSA) is 51.5 Å². The molecule has 0 atom stereocenters. The van der Waals surface area contributed by atoms with Crippen LogP contribution < -0.4 is 5.32 Å². The lowest BCUT2D eigenvalue weighted by Gasteiger charge is -2.02. The van der Waals surface area contributed by atoms with Gasteiger partial charge < -0.3 is 14.5 Å². The van der Waals surface area contributed by atoms with Crippen LogP contribution in [-0.4, -0.2) is 25.4 Å². The molecule has 1 aromatic heterocycles.